The van der Waals surface area contributed by atoms with E-state index in [0.29, 0.717) is 16.6 Å². The molecule has 0 aliphatic carbocycles. The highest BCUT2D eigenvalue weighted by molar-refractivity contribution is 6.86. The van der Waals surface area contributed by atoms with Gasteiger partial charge in [0.2, 0.25) is 0 Å². The first-order valence-corrected chi connectivity index (χ1v) is 10.4. The molecular formula is C18H30O2Si. The molecule has 1 aliphatic rings. The Morgan fingerprint density at radius 2 is 1.48 bits per heavy atom. The van der Waals surface area contributed by atoms with Crippen LogP contribution in [-0.2, 0) is 9.96 Å². The zero-order valence-electron chi connectivity index (χ0n) is 14.3. The molecular weight excluding hydrogens is 276 g/mol. The molecule has 1 fully saturated rings. The minimum atomic E-state index is -1.85. The Bertz CT molecular complexity index is 448. The number of rotatable bonds is 6. The quantitative estimate of drug-likeness (QED) is 0.620. The molecule has 1 aliphatic heterocycles. The second-order valence-electron chi connectivity index (χ2n) is 7.29. The molecule has 2 rings (SSSR count). The lowest BCUT2D eigenvalue weighted by Gasteiger charge is -2.48. The van der Waals surface area contributed by atoms with Crippen molar-refractivity contribution in [3.8, 4) is 0 Å². The minimum Gasteiger partial charge on any atom is -0.394 e. The van der Waals surface area contributed by atoms with Crippen LogP contribution in [0, 0.1) is 0 Å². The summed E-state index contributed by atoms with van der Waals surface area (Å²) in [6, 6.07) is 10.6. The van der Waals surface area contributed by atoms with E-state index >= 15 is 0 Å². The van der Waals surface area contributed by atoms with Crippen LogP contribution in [0.25, 0.3) is 0 Å². The third-order valence-electron chi connectivity index (χ3n) is 5.60. The van der Waals surface area contributed by atoms with Gasteiger partial charge in [-0.2, -0.15) is 0 Å². The summed E-state index contributed by atoms with van der Waals surface area (Å²) in [5, 5.41) is 9.59. The third-order valence-corrected chi connectivity index (χ3v) is 13.3. The van der Waals surface area contributed by atoms with Gasteiger partial charge in [0.1, 0.15) is 19.4 Å². The number of hydrogen-bond acceptors (Lipinski definition) is 2. The van der Waals surface area contributed by atoms with Crippen LogP contribution in [0.5, 0.6) is 0 Å². The Balaban J connectivity index is 2.65. The lowest BCUT2D eigenvalue weighted by Crippen LogP contribution is -2.57. The molecule has 0 bridgehead atoms. The second-order valence-corrected chi connectivity index (χ2v) is 13.4. The predicted molar refractivity (Wildman–Crippen MR) is 91.1 cm³/mol. The maximum absolute atomic E-state index is 9.81. The molecule has 1 aromatic rings. The van der Waals surface area contributed by atoms with Gasteiger partial charge in [-0.05, 0) is 22.2 Å². The number of aliphatic hydroxyl groups is 1. The molecule has 0 aromatic heterocycles. The van der Waals surface area contributed by atoms with E-state index in [0.717, 1.165) is 0 Å². The first-order valence-electron chi connectivity index (χ1n) is 8.19. The maximum Gasteiger partial charge on any atom is 0.112 e. The average molecular weight is 307 g/mol. The summed E-state index contributed by atoms with van der Waals surface area (Å²) in [7, 11) is -1.85. The normalized spacial score (nSPS) is 25.9. The van der Waals surface area contributed by atoms with E-state index in [1.807, 2.05) is 0 Å². The van der Waals surface area contributed by atoms with Crippen LogP contribution in [0.1, 0.15) is 47.1 Å². The molecule has 3 heteroatoms. The van der Waals surface area contributed by atoms with Crippen molar-refractivity contribution in [1.29, 1.82) is 0 Å². The van der Waals surface area contributed by atoms with Crippen LogP contribution in [0.3, 0.4) is 0 Å². The van der Waals surface area contributed by atoms with Crippen LogP contribution in [-0.4, -0.2) is 25.9 Å². The molecule has 0 amide bonds. The van der Waals surface area contributed by atoms with E-state index in [1.165, 1.54) is 5.56 Å². The predicted octanol–water partition coefficient (Wildman–Crippen LogP) is 4.49. The van der Waals surface area contributed by atoms with Gasteiger partial charge in [0.25, 0.3) is 0 Å². The van der Waals surface area contributed by atoms with Gasteiger partial charge < -0.3 is 9.84 Å². The molecule has 0 unspecified atom stereocenters. The summed E-state index contributed by atoms with van der Waals surface area (Å²) in [5.41, 5.74) is 3.09. The summed E-state index contributed by atoms with van der Waals surface area (Å²) < 4.78 is 6.30. The third kappa shape index (κ3) is 2.21. The van der Waals surface area contributed by atoms with Crippen LogP contribution in [0.4, 0.5) is 0 Å². The first-order chi connectivity index (χ1) is 9.85. The van der Waals surface area contributed by atoms with Crippen molar-refractivity contribution >= 4 is 8.07 Å². The average Bonchev–Trinajstić information content (AvgIpc) is 3.15. The summed E-state index contributed by atoms with van der Waals surface area (Å²) >= 11 is 0. The Morgan fingerprint density at radius 3 is 1.81 bits per heavy atom. The zero-order chi connectivity index (χ0) is 15.8. The van der Waals surface area contributed by atoms with Gasteiger partial charge >= 0.3 is 0 Å². The van der Waals surface area contributed by atoms with Crippen LogP contribution >= 0.6 is 0 Å². The van der Waals surface area contributed by atoms with E-state index in [4.69, 9.17) is 4.74 Å². The van der Waals surface area contributed by atoms with Crippen molar-refractivity contribution in [3.05, 3.63) is 35.9 Å². The van der Waals surface area contributed by atoms with Crippen molar-refractivity contribution in [1.82, 2.24) is 0 Å². The Labute approximate surface area is 130 Å². The highest BCUT2D eigenvalue weighted by atomic mass is 28.3. The Kier molecular flexibility index (Phi) is 4.67. The molecule has 1 heterocycles. The SMILES string of the molecule is CC(C)[Si](C(C)C)(C(C)C)[C@]1(c2ccccc2)O[C@H]1CO. The molecule has 2 atom stereocenters. The van der Waals surface area contributed by atoms with Crippen molar-refractivity contribution in [2.75, 3.05) is 6.61 Å². The summed E-state index contributed by atoms with van der Waals surface area (Å²) in [4.78, 5) is 0. The molecule has 0 spiro atoms. The lowest BCUT2D eigenvalue weighted by atomic mass is 10.1. The fraction of sp³-hybridized carbons (Fsp3) is 0.667. The molecule has 2 nitrogen and oxygen atoms in total. The number of epoxide rings is 1. The molecule has 1 aromatic carbocycles. The summed E-state index contributed by atoms with van der Waals surface area (Å²) in [6.07, 6.45) is -0.0289. The van der Waals surface area contributed by atoms with E-state index in [9.17, 15) is 5.11 Å². The van der Waals surface area contributed by atoms with Crippen molar-refractivity contribution < 1.29 is 9.84 Å². The van der Waals surface area contributed by atoms with Gasteiger partial charge in [-0.15, -0.1) is 0 Å². The monoisotopic (exact) mass is 306 g/mol. The molecule has 118 valence electrons. The fourth-order valence-corrected chi connectivity index (χ4v) is 13.4. The fourth-order valence-electron chi connectivity index (χ4n) is 5.21. The van der Waals surface area contributed by atoms with E-state index in [2.05, 4.69) is 71.9 Å². The second kappa shape index (κ2) is 5.86. The van der Waals surface area contributed by atoms with Gasteiger partial charge in [0, 0.05) is 0 Å². The van der Waals surface area contributed by atoms with E-state index < -0.39 is 8.07 Å². The zero-order valence-corrected chi connectivity index (χ0v) is 15.3. The smallest absolute Gasteiger partial charge is 0.112 e. The molecule has 1 saturated heterocycles. The Morgan fingerprint density at radius 1 is 1.00 bits per heavy atom. The molecule has 21 heavy (non-hydrogen) atoms. The Hall–Kier alpha value is -0.643. The highest BCUT2D eigenvalue weighted by Gasteiger charge is 2.73. The minimum absolute atomic E-state index is 0.0289. The summed E-state index contributed by atoms with van der Waals surface area (Å²) in [5.74, 6) is 0. The van der Waals surface area contributed by atoms with Crippen molar-refractivity contribution in [3.63, 3.8) is 0 Å². The van der Waals surface area contributed by atoms with E-state index in [1.54, 1.807) is 0 Å². The van der Waals surface area contributed by atoms with Crippen LogP contribution < -0.4 is 0 Å². The largest absolute Gasteiger partial charge is 0.394 e. The van der Waals surface area contributed by atoms with Gasteiger partial charge in [0.15, 0.2) is 0 Å². The molecule has 1 N–H and O–H groups in total. The number of aliphatic hydroxyl groups excluding tert-OH is 1. The standard InChI is InChI=1S/C18H30O2Si/c1-13(2)21(14(3)4,15(5)6)18(17(12-19)20-18)16-10-8-7-9-11-16/h7-11,13-15,17,19H,12H2,1-6H3/t17-,18-/m0/s1. The highest BCUT2D eigenvalue weighted by Crippen LogP contribution is 2.63. The lowest BCUT2D eigenvalue weighted by molar-refractivity contribution is 0.239. The molecule has 0 saturated carbocycles. The van der Waals surface area contributed by atoms with Gasteiger partial charge in [-0.25, -0.2) is 0 Å². The van der Waals surface area contributed by atoms with Crippen LogP contribution in [0.15, 0.2) is 30.3 Å². The first kappa shape index (κ1) is 16.7. The maximum atomic E-state index is 9.81. The van der Waals surface area contributed by atoms with Crippen molar-refractivity contribution in [2.24, 2.45) is 0 Å². The topological polar surface area (TPSA) is 32.8 Å². The van der Waals surface area contributed by atoms with Gasteiger partial charge in [0.05, 0.1) is 6.61 Å². The van der Waals surface area contributed by atoms with Crippen LogP contribution in [0.2, 0.25) is 16.6 Å². The number of ether oxygens (including phenoxy) is 1. The molecule has 0 radical (unpaired) electrons. The van der Waals surface area contributed by atoms with Crippen molar-refractivity contribution in [2.45, 2.75) is 69.5 Å². The van der Waals surface area contributed by atoms with E-state index in [-0.39, 0.29) is 17.9 Å². The number of hydrogen-bond donors (Lipinski definition) is 1. The van der Waals surface area contributed by atoms with Gasteiger partial charge in [-0.1, -0.05) is 71.9 Å². The summed E-state index contributed by atoms with van der Waals surface area (Å²) in [6.45, 7) is 14.2. The van der Waals surface area contributed by atoms with Gasteiger partial charge in [-0.3, -0.25) is 0 Å². The number of benzene rings is 1.